The van der Waals surface area contributed by atoms with Crippen LogP contribution in [0.3, 0.4) is 0 Å². The zero-order valence-corrected chi connectivity index (χ0v) is 33.3. The zero-order chi connectivity index (χ0) is 39.6. The molecule has 0 fully saturated rings. The van der Waals surface area contributed by atoms with Crippen molar-refractivity contribution in [1.29, 1.82) is 0 Å². The van der Waals surface area contributed by atoms with Crippen molar-refractivity contribution in [3.05, 3.63) is 87.6 Å². The second-order valence-corrected chi connectivity index (χ2v) is 16.8. The number of benzene rings is 2. The Labute approximate surface area is 316 Å². The first-order valence-electron chi connectivity index (χ1n) is 18.3. The van der Waals surface area contributed by atoms with Gasteiger partial charge in [-0.05, 0) is 110 Å². The highest BCUT2D eigenvalue weighted by Gasteiger charge is 2.30. The van der Waals surface area contributed by atoms with Gasteiger partial charge in [0.05, 0.1) is 5.69 Å². The molecule has 0 radical (unpaired) electrons. The normalized spacial score (nSPS) is 13.4. The number of H-pyrrole nitrogens is 1. The summed E-state index contributed by atoms with van der Waals surface area (Å²) in [6.45, 7) is 18.0. The molecule has 8 N–H and O–H groups in total. The fourth-order valence-electron chi connectivity index (χ4n) is 5.75. The van der Waals surface area contributed by atoms with E-state index in [2.05, 4.69) is 66.2 Å². The molecule has 2 aromatic carbocycles. The molecule has 2 atom stereocenters. The number of aromatic amines is 1. The second kappa shape index (κ2) is 19.0. The van der Waals surface area contributed by atoms with E-state index in [4.69, 9.17) is 17.2 Å². The summed E-state index contributed by atoms with van der Waals surface area (Å²) >= 11 is -0.0397. The highest BCUT2D eigenvalue weighted by Crippen LogP contribution is 2.39. The van der Waals surface area contributed by atoms with E-state index in [9.17, 15) is 18.0 Å². The van der Waals surface area contributed by atoms with Crippen molar-refractivity contribution in [2.75, 3.05) is 13.1 Å². The maximum atomic E-state index is 12.7. The van der Waals surface area contributed by atoms with E-state index in [1.165, 1.54) is 5.56 Å². The Morgan fingerprint density at radius 2 is 1.66 bits per heavy atom. The van der Waals surface area contributed by atoms with Crippen molar-refractivity contribution in [2.45, 2.75) is 127 Å². The third-order valence-electron chi connectivity index (χ3n) is 8.68. The lowest BCUT2D eigenvalue weighted by atomic mass is 9.85. The van der Waals surface area contributed by atoms with E-state index < -0.39 is 5.51 Å². The summed E-state index contributed by atoms with van der Waals surface area (Å²) in [5.41, 5.74) is 17.3. The molecule has 2 heterocycles. The maximum absolute atomic E-state index is 12.7. The van der Waals surface area contributed by atoms with Crippen LogP contribution in [-0.2, 0) is 17.3 Å². The molecule has 0 aliphatic rings. The minimum atomic E-state index is -4.25. The molecule has 0 spiro atoms. The number of alkyl halides is 3. The number of rotatable bonds is 14. The number of aliphatic imine (C=N–C) groups is 1. The average Bonchev–Trinajstić information content (AvgIpc) is 3.46. The fraction of sp³-hybridized carbons (Fsp3) is 0.525. The molecular weight excluding hydrogens is 698 g/mol. The number of nitrogens with one attached hydrogen (secondary N) is 2. The topological polar surface area (TPSA) is 153 Å². The summed E-state index contributed by atoms with van der Waals surface area (Å²) in [6, 6.07) is 15.8. The van der Waals surface area contributed by atoms with Crippen LogP contribution >= 0.6 is 11.8 Å². The van der Waals surface area contributed by atoms with Gasteiger partial charge in [0.2, 0.25) is 0 Å². The Balaban J connectivity index is 0.000000313. The van der Waals surface area contributed by atoms with Gasteiger partial charge in [-0.15, -0.1) is 0 Å². The first-order valence-corrected chi connectivity index (χ1v) is 19.2. The van der Waals surface area contributed by atoms with E-state index in [0.717, 1.165) is 73.0 Å². The number of hydrogen-bond donors (Lipinski definition) is 5. The number of aromatic nitrogens is 3. The van der Waals surface area contributed by atoms with Gasteiger partial charge in [0, 0.05) is 46.2 Å². The smallest absolute Gasteiger partial charge is 0.370 e. The Morgan fingerprint density at radius 1 is 0.981 bits per heavy atom. The van der Waals surface area contributed by atoms with Gasteiger partial charge in [0.25, 0.3) is 0 Å². The van der Waals surface area contributed by atoms with Crippen LogP contribution in [0.1, 0.15) is 116 Å². The molecule has 0 saturated carbocycles. The summed E-state index contributed by atoms with van der Waals surface area (Å²) in [7, 11) is 0. The third-order valence-corrected chi connectivity index (χ3v) is 9.38. The van der Waals surface area contributed by atoms with Crippen LogP contribution in [0, 0.1) is 0 Å². The number of nitrogens with two attached hydrogens (primary N) is 3. The van der Waals surface area contributed by atoms with E-state index >= 15 is 0 Å². The second-order valence-electron chi connectivity index (χ2n) is 15.7. The summed E-state index contributed by atoms with van der Waals surface area (Å²) in [5.74, 6) is 0.128. The minimum Gasteiger partial charge on any atom is -0.370 e. The van der Waals surface area contributed by atoms with E-state index in [0.29, 0.717) is 12.2 Å². The van der Waals surface area contributed by atoms with E-state index in [1.807, 2.05) is 52.1 Å². The molecule has 4 aromatic rings. The lowest BCUT2D eigenvalue weighted by Crippen LogP contribution is -2.25. The summed E-state index contributed by atoms with van der Waals surface area (Å²) in [4.78, 5) is 24.5. The molecule has 292 valence electrons. The molecule has 9 nitrogen and oxygen atoms in total. The first kappa shape index (κ1) is 43.6. The maximum Gasteiger partial charge on any atom is 0.446 e. The first-order chi connectivity index (χ1) is 24.7. The third kappa shape index (κ3) is 14.5. The Bertz CT molecular complexity index is 1830. The molecule has 0 aliphatic carbocycles. The van der Waals surface area contributed by atoms with E-state index in [1.54, 1.807) is 16.7 Å². The largest absolute Gasteiger partial charge is 0.446 e. The van der Waals surface area contributed by atoms with Crippen LogP contribution in [0.15, 0.2) is 69.4 Å². The predicted molar refractivity (Wildman–Crippen MR) is 215 cm³/mol. The Morgan fingerprint density at radius 3 is 2.23 bits per heavy atom. The number of guanidine groups is 1. The molecule has 53 heavy (non-hydrogen) atoms. The highest BCUT2D eigenvalue weighted by atomic mass is 32.2. The SMILES string of the molecule is CCC[C@H](NCCCN=C(N)N)c1ccc(-n2cc3cc(C(C)(C)C)[nH]c3nc2=O)cc1.C[C@H](N)CCCc1cc(SC(F)(F)F)cc(C(C)(C)C)c1. The monoisotopic (exact) mass is 756 g/mol. The van der Waals surface area contributed by atoms with Crippen molar-refractivity contribution in [3.8, 4) is 5.69 Å². The molecule has 13 heteroatoms. The lowest BCUT2D eigenvalue weighted by molar-refractivity contribution is -0.0328. The lowest BCUT2D eigenvalue weighted by Gasteiger charge is -2.21. The van der Waals surface area contributed by atoms with Crippen LogP contribution in [0.25, 0.3) is 16.7 Å². The molecule has 2 aromatic heterocycles. The van der Waals surface area contributed by atoms with Crippen LogP contribution in [0.5, 0.6) is 0 Å². The van der Waals surface area contributed by atoms with Crippen LogP contribution in [0.4, 0.5) is 13.2 Å². The van der Waals surface area contributed by atoms with Crippen LogP contribution in [-0.4, -0.2) is 45.1 Å². The van der Waals surface area contributed by atoms with Gasteiger partial charge in [0.15, 0.2) is 5.96 Å². The van der Waals surface area contributed by atoms with Gasteiger partial charge < -0.3 is 27.5 Å². The van der Waals surface area contributed by atoms with E-state index in [-0.39, 0.29) is 51.2 Å². The van der Waals surface area contributed by atoms with Gasteiger partial charge in [-0.3, -0.25) is 9.56 Å². The molecule has 4 rings (SSSR count). The summed E-state index contributed by atoms with van der Waals surface area (Å²) in [6.07, 6.45) is 7.34. The quantitative estimate of drug-likeness (QED) is 0.0375. The minimum absolute atomic E-state index is 0.0397. The summed E-state index contributed by atoms with van der Waals surface area (Å²) < 4.78 is 39.4. The van der Waals surface area contributed by atoms with Crippen molar-refractivity contribution in [3.63, 3.8) is 0 Å². The number of aryl methyl sites for hydroxylation is 1. The predicted octanol–water partition coefficient (Wildman–Crippen LogP) is 8.37. The highest BCUT2D eigenvalue weighted by molar-refractivity contribution is 8.00. The standard InChI is InChI=1S/C24H35N7O.C16H24F3NS/c1-5-7-19(27-12-6-13-28-22(25)26)16-8-10-18(11-9-16)31-15-17-14-20(24(2,3)4)29-21(17)30-23(31)32;1-11(20)6-5-7-12-8-13(15(2,3)4)10-14(9-12)21-16(17,18)19/h8-11,14-15,19,27H,5-7,12-13H2,1-4H3,(H4,25,26,28)(H,29,30,32);8-11H,5-7,20H2,1-4H3/t19-;11-/m00/s1. The van der Waals surface area contributed by atoms with Crippen LogP contribution < -0.4 is 28.2 Å². The molecule has 0 amide bonds. The van der Waals surface area contributed by atoms with Crippen molar-refractivity contribution in [1.82, 2.24) is 19.9 Å². The van der Waals surface area contributed by atoms with Gasteiger partial charge in [-0.2, -0.15) is 18.2 Å². The van der Waals surface area contributed by atoms with Gasteiger partial charge in [0.1, 0.15) is 5.65 Å². The number of thioether (sulfide) groups is 1. The molecule has 0 unspecified atom stereocenters. The molecule has 0 saturated heterocycles. The number of fused-ring (bicyclic) bond motifs is 1. The summed E-state index contributed by atoms with van der Waals surface area (Å²) in [5, 5.41) is 4.51. The van der Waals surface area contributed by atoms with Gasteiger partial charge >= 0.3 is 11.2 Å². The van der Waals surface area contributed by atoms with Crippen LogP contribution in [0.2, 0.25) is 0 Å². The van der Waals surface area contributed by atoms with Gasteiger partial charge in [-0.1, -0.05) is 73.1 Å². The molecular formula is C40H59F3N8OS. The van der Waals surface area contributed by atoms with Crippen molar-refractivity contribution >= 4 is 28.8 Å². The Hall–Kier alpha value is -3.81. The zero-order valence-electron chi connectivity index (χ0n) is 32.5. The average molecular weight is 757 g/mol. The molecule has 0 aliphatic heterocycles. The molecule has 0 bridgehead atoms. The van der Waals surface area contributed by atoms with Gasteiger partial charge in [-0.25, -0.2) is 4.79 Å². The fourth-order valence-corrected chi connectivity index (χ4v) is 6.41. The van der Waals surface area contributed by atoms with Crippen molar-refractivity contribution < 1.29 is 13.2 Å². The van der Waals surface area contributed by atoms with Crippen molar-refractivity contribution in [2.24, 2.45) is 22.2 Å². The number of nitrogens with zero attached hydrogens (tertiary/aromatic N) is 3. The number of hydrogen-bond acceptors (Lipinski definition) is 6. The number of halogens is 3. The Kier molecular flexibility index (Phi) is 15.6.